The van der Waals surface area contributed by atoms with Crippen LogP contribution < -0.4 is 0 Å². The molecule has 1 aliphatic carbocycles. The van der Waals surface area contributed by atoms with Crippen LogP contribution in [-0.4, -0.2) is 5.11 Å². The molecule has 18 heavy (non-hydrogen) atoms. The predicted octanol–water partition coefficient (Wildman–Crippen LogP) is 4.64. The lowest BCUT2D eigenvalue weighted by Gasteiger charge is -2.15. The molecule has 1 unspecified atom stereocenters. The summed E-state index contributed by atoms with van der Waals surface area (Å²) in [5.74, 6) is 0.874. The minimum Gasteiger partial charge on any atom is -0.388 e. The molecule has 0 heterocycles. The number of aliphatic hydroxyl groups excluding tert-OH is 1. The van der Waals surface area contributed by atoms with Gasteiger partial charge in [-0.25, -0.2) is 0 Å². The fraction of sp³-hybridized carbons (Fsp3) is 0.647. The van der Waals surface area contributed by atoms with Crippen LogP contribution in [0.15, 0.2) is 24.3 Å². The molecule has 1 atom stereocenters. The van der Waals surface area contributed by atoms with Crippen molar-refractivity contribution in [1.29, 1.82) is 0 Å². The second-order valence-corrected chi connectivity index (χ2v) is 5.74. The summed E-state index contributed by atoms with van der Waals surface area (Å²) in [7, 11) is 0. The Morgan fingerprint density at radius 1 is 1.28 bits per heavy atom. The van der Waals surface area contributed by atoms with E-state index in [-0.39, 0.29) is 6.10 Å². The Hall–Kier alpha value is -0.820. The van der Waals surface area contributed by atoms with Crippen LogP contribution >= 0.6 is 0 Å². The van der Waals surface area contributed by atoms with Crippen molar-refractivity contribution in [1.82, 2.24) is 0 Å². The number of hydrogen-bond donors (Lipinski definition) is 1. The van der Waals surface area contributed by atoms with Crippen molar-refractivity contribution in [3.63, 3.8) is 0 Å². The molecule has 1 saturated carbocycles. The van der Waals surface area contributed by atoms with Gasteiger partial charge in [0.25, 0.3) is 0 Å². The molecule has 0 aromatic heterocycles. The zero-order valence-electron chi connectivity index (χ0n) is 11.6. The van der Waals surface area contributed by atoms with Crippen molar-refractivity contribution < 1.29 is 5.11 Å². The number of aliphatic hydroxyl groups is 1. The van der Waals surface area contributed by atoms with Crippen LogP contribution in [0.4, 0.5) is 0 Å². The molecule has 1 fully saturated rings. The van der Waals surface area contributed by atoms with Crippen LogP contribution in [0.1, 0.15) is 69.1 Å². The zero-order chi connectivity index (χ0) is 12.8. The molecule has 1 aromatic rings. The third kappa shape index (κ3) is 3.84. The first-order valence-corrected chi connectivity index (χ1v) is 7.56. The molecule has 1 aromatic carbocycles. The largest absolute Gasteiger partial charge is 0.388 e. The first-order valence-electron chi connectivity index (χ1n) is 7.56. The lowest BCUT2D eigenvalue weighted by Crippen LogP contribution is -2.02. The second kappa shape index (κ2) is 6.94. The van der Waals surface area contributed by atoms with Crippen LogP contribution in [0.25, 0.3) is 0 Å². The summed E-state index contributed by atoms with van der Waals surface area (Å²) in [5, 5.41) is 10.3. The molecule has 0 radical (unpaired) electrons. The van der Waals surface area contributed by atoms with Crippen LogP contribution in [0.2, 0.25) is 0 Å². The molecule has 0 amide bonds. The van der Waals surface area contributed by atoms with Gasteiger partial charge in [0.15, 0.2) is 0 Å². The minimum atomic E-state index is -0.262. The molecule has 100 valence electrons. The van der Waals surface area contributed by atoms with Crippen molar-refractivity contribution in [3.8, 4) is 0 Å². The Labute approximate surface area is 111 Å². The van der Waals surface area contributed by atoms with Gasteiger partial charge in [0.05, 0.1) is 6.10 Å². The summed E-state index contributed by atoms with van der Waals surface area (Å²) in [6.45, 7) is 2.20. The summed E-state index contributed by atoms with van der Waals surface area (Å²) in [4.78, 5) is 0. The van der Waals surface area contributed by atoms with Crippen molar-refractivity contribution in [3.05, 3.63) is 35.4 Å². The third-order valence-electron chi connectivity index (χ3n) is 4.20. The molecule has 0 aliphatic heterocycles. The molecule has 0 bridgehead atoms. The van der Waals surface area contributed by atoms with Gasteiger partial charge in [0.1, 0.15) is 0 Å². The summed E-state index contributed by atoms with van der Waals surface area (Å²) in [5.41, 5.74) is 2.47. The summed E-state index contributed by atoms with van der Waals surface area (Å²) < 4.78 is 0. The van der Waals surface area contributed by atoms with Crippen molar-refractivity contribution >= 4 is 0 Å². The van der Waals surface area contributed by atoms with Crippen LogP contribution in [0.5, 0.6) is 0 Å². The Morgan fingerprint density at radius 3 is 2.78 bits per heavy atom. The predicted molar refractivity (Wildman–Crippen MR) is 76.6 cm³/mol. The van der Waals surface area contributed by atoms with Gasteiger partial charge in [0.2, 0.25) is 0 Å². The van der Waals surface area contributed by atoms with Crippen molar-refractivity contribution in [2.45, 2.75) is 64.4 Å². The highest BCUT2D eigenvalue weighted by Crippen LogP contribution is 2.31. The zero-order valence-corrected chi connectivity index (χ0v) is 11.6. The Morgan fingerprint density at radius 2 is 2.06 bits per heavy atom. The van der Waals surface area contributed by atoms with Crippen LogP contribution in [0, 0.1) is 5.92 Å². The fourth-order valence-electron chi connectivity index (χ4n) is 3.10. The number of benzene rings is 1. The maximum atomic E-state index is 10.3. The lowest BCUT2D eigenvalue weighted by molar-refractivity contribution is 0.157. The number of aryl methyl sites for hydroxylation is 1. The second-order valence-electron chi connectivity index (χ2n) is 5.74. The first kappa shape index (κ1) is 13.6. The number of hydrogen-bond acceptors (Lipinski definition) is 1. The average molecular weight is 246 g/mol. The van der Waals surface area contributed by atoms with Gasteiger partial charge in [-0.05, 0) is 36.3 Å². The Kier molecular flexibility index (Phi) is 5.25. The molecule has 0 saturated heterocycles. The van der Waals surface area contributed by atoms with E-state index in [1.54, 1.807) is 0 Å². The normalized spacial score (nSPS) is 18.1. The average Bonchev–Trinajstić information content (AvgIpc) is 2.90. The molecule has 0 spiro atoms. The fourth-order valence-corrected chi connectivity index (χ4v) is 3.10. The highest BCUT2D eigenvalue weighted by atomic mass is 16.3. The van der Waals surface area contributed by atoms with Gasteiger partial charge in [-0.2, -0.15) is 0 Å². The van der Waals surface area contributed by atoms with E-state index in [2.05, 4.69) is 31.2 Å². The molecule has 1 nitrogen and oxygen atoms in total. The van der Waals surface area contributed by atoms with Gasteiger partial charge in [-0.15, -0.1) is 0 Å². The summed E-state index contributed by atoms with van der Waals surface area (Å²) in [6.07, 6.45) is 9.69. The van der Waals surface area contributed by atoms with Crippen LogP contribution in [0.3, 0.4) is 0 Å². The Balaban J connectivity index is 1.86. The van der Waals surface area contributed by atoms with Gasteiger partial charge in [0, 0.05) is 0 Å². The molecule has 1 N–H and O–H groups in total. The van der Waals surface area contributed by atoms with E-state index in [1.165, 1.54) is 44.1 Å². The molecule has 1 heteroatoms. The SMILES string of the molecule is CCCc1cccc(C(O)CCC2CCCC2)c1. The highest BCUT2D eigenvalue weighted by Gasteiger charge is 2.17. The van der Waals surface area contributed by atoms with Gasteiger partial charge < -0.3 is 5.11 Å². The van der Waals surface area contributed by atoms with E-state index in [4.69, 9.17) is 0 Å². The molecule has 2 rings (SSSR count). The lowest BCUT2D eigenvalue weighted by atomic mass is 9.95. The first-order chi connectivity index (χ1) is 8.79. The van der Waals surface area contributed by atoms with Crippen molar-refractivity contribution in [2.24, 2.45) is 5.92 Å². The monoisotopic (exact) mass is 246 g/mol. The third-order valence-corrected chi connectivity index (χ3v) is 4.20. The summed E-state index contributed by atoms with van der Waals surface area (Å²) in [6, 6.07) is 8.50. The molecular weight excluding hydrogens is 220 g/mol. The number of rotatable bonds is 6. The highest BCUT2D eigenvalue weighted by molar-refractivity contribution is 5.25. The topological polar surface area (TPSA) is 20.2 Å². The van der Waals surface area contributed by atoms with Crippen LogP contribution in [-0.2, 0) is 6.42 Å². The quantitative estimate of drug-likeness (QED) is 0.775. The van der Waals surface area contributed by atoms with E-state index in [1.807, 2.05) is 0 Å². The van der Waals surface area contributed by atoms with Gasteiger partial charge in [-0.1, -0.05) is 63.3 Å². The smallest absolute Gasteiger partial charge is 0.0790 e. The van der Waals surface area contributed by atoms with E-state index in [9.17, 15) is 5.11 Å². The van der Waals surface area contributed by atoms with E-state index < -0.39 is 0 Å². The van der Waals surface area contributed by atoms with E-state index in [0.29, 0.717) is 0 Å². The molecular formula is C17H26O. The van der Waals surface area contributed by atoms with Gasteiger partial charge in [-0.3, -0.25) is 0 Å². The van der Waals surface area contributed by atoms with Crippen molar-refractivity contribution in [2.75, 3.05) is 0 Å². The maximum absolute atomic E-state index is 10.3. The molecule has 1 aliphatic rings. The summed E-state index contributed by atoms with van der Waals surface area (Å²) >= 11 is 0. The van der Waals surface area contributed by atoms with Gasteiger partial charge >= 0.3 is 0 Å². The maximum Gasteiger partial charge on any atom is 0.0790 e. The minimum absolute atomic E-state index is 0.262. The van der Waals surface area contributed by atoms with E-state index in [0.717, 1.165) is 24.3 Å². The van der Waals surface area contributed by atoms with E-state index >= 15 is 0 Å². The Bertz CT molecular complexity index is 352. The standard InChI is InChI=1S/C17H26O/c1-2-6-15-9-5-10-16(13-15)17(18)12-11-14-7-3-4-8-14/h5,9-10,13-14,17-18H,2-4,6-8,11-12H2,1H3.